The number of rotatable bonds is 7. The van der Waals surface area contributed by atoms with Crippen LogP contribution in [0.3, 0.4) is 0 Å². The van der Waals surface area contributed by atoms with E-state index in [1.165, 1.54) is 0 Å². The predicted molar refractivity (Wildman–Crippen MR) is 76.8 cm³/mol. The highest BCUT2D eigenvalue weighted by Crippen LogP contribution is 2.15. The van der Waals surface area contributed by atoms with Gasteiger partial charge in [-0.2, -0.15) is 0 Å². The van der Waals surface area contributed by atoms with Gasteiger partial charge in [0.25, 0.3) is 0 Å². The van der Waals surface area contributed by atoms with Crippen molar-refractivity contribution in [3.63, 3.8) is 0 Å². The minimum Gasteiger partial charge on any atom is -0.469 e. The number of sulfonamides is 1. The van der Waals surface area contributed by atoms with Gasteiger partial charge in [0.2, 0.25) is 10.0 Å². The summed E-state index contributed by atoms with van der Waals surface area (Å²) in [6.07, 6.45) is 2.10. The average molecular weight is 294 g/mol. The largest absolute Gasteiger partial charge is 0.469 e. The molecular formula is C14H18N2O3S. The first-order valence-corrected chi connectivity index (χ1v) is 7.86. The molecule has 0 aliphatic carbocycles. The van der Waals surface area contributed by atoms with Gasteiger partial charge in [-0.1, -0.05) is 18.2 Å². The van der Waals surface area contributed by atoms with Gasteiger partial charge in [0.05, 0.1) is 11.2 Å². The summed E-state index contributed by atoms with van der Waals surface area (Å²) >= 11 is 0. The zero-order valence-electron chi connectivity index (χ0n) is 11.3. The minimum absolute atomic E-state index is 0.309. The monoisotopic (exact) mass is 294 g/mol. The van der Waals surface area contributed by atoms with Crippen LogP contribution < -0.4 is 10.0 Å². The van der Waals surface area contributed by atoms with E-state index in [1.807, 2.05) is 12.1 Å². The molecule has 0 bridgehead atoms. The molecule has 5 nitrogen and oxygen atoms in total. The van der Waals surface area contributed by atoms with E-state index in [0.717, 1.165) is 11.3 Å². The number of benzene rings is 1. The highest BCUT2D eigenvalue weighted by molar-refractivity contribution is 7.89. The highest BCUT2D eigenvalue weighted by Gasteiger charge is 2.17. The Labute approximate surface area is 119 Å². The number of hydrogen-bond acceptors (Lipinski definition) is 4. The molecule has 108 valence electrons. The Kier molecular flexibility index (Phi) is 4.94. The van der Waals surface area contributed by atoms with Crippen LogP contribution in [0.4, 0.5) is 0 Å². The molecule has 0 radical (unpaired) electrons. The summed E-state index contributed by atoms with van der Waals surface area (Å²) in [5, 5.41) is 2.97. The van der Waals surface area contributed by atoms with Gasteiger partial charge >= 0.3 is 0 Å². The fourth-order valence-corrected chi connectivity index (χ4v) is 3.21. The Bertz CT molecular complexity index is 636. The van der Waals surface area contributed by atoms with Crippen molar-refractivity contribution in [3.8, 4) is 0 Å². The molecular weight excluding hydrogens is 276 g/mol. The van der Waals surface area contributed by atoms with E-state index in [4.69, 9.17) is 4.42 Å². The van der Waals surface area contributed by atoms with Crippen LogP contribution in [-0.4, -0.2) is 22.0 Å². The lowest BCUT2D eigenvalue weighted by Crippen LogP contribution is -2.27. The van der Waals surface area contributed by atoms with Gasteiger partial charge in [-0.25, -0.2) is 13.1 Å². The van der Waals surface area contributed by atoms with Crippen LogP contribution in [0.15, 0.2) is 52.0 Å². The van der Waals surface area contributed by atoms with Crippen molar-refractivity contribution >= 4 is 10.0 Å². The molecule has 0 unspecified atom stereocenters. The molecule has 0 aliphatic heterocycles. The second-order valence-corrected chi connectivity index (χ2v) is 6.10. The zero-order valence-corrected chi connectivity index (χ0v) is 12.1. The summed E-state index contributed by atoms with van der Waals surface area (Å²) in [6, 6.07) is 10.6. The smallest absolute Gasteiger partial charge is 0.240 e. The van der Waals surface area contributed by atoms with Crippen molar-refractivity contribution < 1.29 is 12.8 Å². The molecule has 2 N–H and O–H groups in total. The first-order chi connectivity index (χ1) is 9.63. The van der Waals surface area contributed by atoms with Crippen molar-refractivity contribution in [1.29, 1.82) is 0 Å². The van der Waals surface area contributed by atoms with Gasteiger partial charge in [0.15, 0.2) is 0 Å². The summed E-state index contributed by atoms with van der Waals surface area (Å²) in [5.41, 5.74) is 0.750. The SMILES string of the molecule is CNCc1ccccc1S(=O)(=O)NCCc1ccco1. The Hall–Kier alpha value is -1.63. The maximum absolute atomic E-state index is 12.3. The fraction of sp³-hybridized carbons (Fsp3) is 0.286. The molecule has 20 heavy (non-hydrogen) atoms. The molecule has 1 heterocycles. The van der Waals surface area contributed by atoms with E-state index in [0.29, 0.717) is 24.4 Å². The maximum atomic E-state index is 12.3. The molecule has 2 aromatic rings. The summed E-state index contributed by atoms with van der Waals surface area (Å²) in [6.45, 7) is 0.818. The third-order valence-electron chi connectivity index (χ3n) is 2.87. The first-order valence-electron chi connectivity index (χ1n) is 6.38. The number of hydrogen-bond donors (Lipinski definition) is 2. The molecule has 1 aromatic heterocycles. The van der Waals surface area contributed by atoms with E-state index in [-0.39, 0.29) is 0 Å². The Morgan fingerprint density at radius 3 is 2.65 bits per heavy atom. The summed E-state index contributed by atoms with van der Waals surface area (Å²) < 4.78 is 32.3. The Balaban J connectivity index is 2.06. The molecule has 0 amide bonds. The molecule has 2 rings (SSSR count). The van der Waals surface area contributed by atoms with E-state index in [1.54, 1.807) is 37.6 Å². The van der Waals surface area contributed by atoms with E-state index in [2.05, 4.69) is 10.0 Å². The van der Waals surface area contributed by atoms with Crippen molar-refractivity contribution in [2.75, 3.05) is 13.6 Å². The Morgan fingerprint density at radius 2 is 1.95 bits per heavy atom. The lowest BCUT2D eigenvalue weighted by molar-refractivity contribution is 0.505. The average Bonchev–Trinajstić information content (AvgIpc) is 2.92. The van der Waals surface area contributed by atoms with Crippen molar-refractivity contribution in [3.05, 3.63) is 54.0 Å². The van der Waals surface area contributed by atoms with Gasteiger partial charge in [0, 0.05) is 19.5 Å². The molecule has 0 atom stereocenters. The predicted octanol–water partition coefficient (Wildman–Crippen LogP) is 1.52. The van der Waals surface area contributed by atoms with Crippen molar-refractivity contribution in [2.45, 2.75) is 17.9 Å². The van der Waals surface area contributed by atoms with Crippen molar-refractivity contribution in [1.82, 2.24) is 10.0 Å². The van der Waals surface area contributed by atoms with E-state index < -0.39 is 10.0 Å². The third-order valence-corrected chi connectivity index (χ3v) is 4.43. The molecule has 0 fully saturated rings. The molecule has 0 saturated carbocycles. The van der Waals surface area contributed by atoms with Crippen molar-refractivity contribution in [2.24, 2.45) is 0 Å². The number of furan rings is 1. The van der Waals surface area contributed by atoms with Crippen LogP contribution in [-0.2, 0) is 23.0 Å². The highest BCUT2D eigenvalue weighted by atomic mass is 32.2. The Morgan fingerprint density at radius 1 is 1.15 bits per heavy atom. The summed E-state index contributed by atoms with van der Waals surface area (Å²) in [7, 11) is -1.71. The molecule has 6 heteroatoms. The fourth-order valence-electron chi connectivity index (χ4n) is 1.94. The van der Waals surface area contributed by atoms with Gasteiger partial charge in [-0.3, -0.25) is 0 Å². The molecule has 1 aromatic carbocycles. The topological polar surface area (TPSA) is 71.3 Å². The zero-order chi connectivity index (χ0) is 14.4. The first kappa shape index (κ1) is 14.8. The third kappa shape index (κ3) is 3.69. The van der Waals surface area contributed by atoms with Crippen LogP contribution in [0.2, 0.25) is 0 Å². The maximum Gasteiger partial charge on any atom is 0.240 e. The molecule has 0 aliphatic rings. The molecule has 0 spiro atoms. The lowest BCUT2D eigenvalue weighted by atomic mass is 10.2. The van der Waals surface area contributed by atoms with Gasteiger partial charge < -0.3 is 9.73 Å². The van der Waals surface area contributed by atoms with Crippen LogP contribution in [0.5, 0.6) is 0 Å². The van der Waals surface area contributed by atoms with Gasteiger partial charge in [0.1, 0.15) is 5.76 Å². The van der Waals surface area contributed by atoms with Crippen LogP contribution >= 0.6 is 0 Å². The second-order valence-electron chi connectivity index (χ2n) is 4.37. The number of nitrogens with one attached hydrogen (secondary N) is 2. The normalized spacial score (nSPS) is 11.7. The quantitative estimate of drug-likeness (QED) is 0.812. The summed E-state index contributed by atoms with van der Waals surface area (Å²) in [5.74, 6) is 0.760. The summed E-state index contributed by atoms with van der Waals surface area (Å²) in [4.78, 5) is 0.314. The van der Waals surface area contributed by atoms with Crippen LogP contribution in [0.1, 0.15) is 11.3 Å². The van der Waals surface area contributed by atoms with E-state index >= 15 is 0 Å². The minimum atomic E-state index is -3.50. The standard InChI is InChI=1S/C14H18N2O3S/c1-15-11-12-5-2-3-7-14(12)20(17,18)16-9-8-13-6-4-10-19-13/h2-7,10,15-16H,8-9,11H2,1H3. The van der Waals surface area contributed by atoms with Crippen LogP contribution in [0, 0.1) is 0 Å². The van der Waals surface area contributed by atoms with Gasteiger partial charge in [-0.05, 0) is 30.8 Å². The lowest BCUT2D eigenvalue weighted by Gasteiger charge is -2.10. The van der Waals surface area contributed by atoms with E-state index in [9.17, 15) is 8.42 Å². The second kappa shape index (κ2) is 6.69. The van der Waals surface area contributed by atoms with Crippen LogP contribution in [0.25, 0.3) is 0 Å². The van der Waals surface area contributed by atoms with Gasteiger partial charge in [-0.15, -0.1) is 0 Å². The molecule has 0 saturated heterocycles.